The average molecular weight is 270 g/mol. The van der Waals surface area contributed by atoms with Crippen molar-refractivity contribution in [1.82, 2.24) is 4.98 Å². The number of hydrogen-bond acceptors (Lipinski definition) is 2. The molecule has 0 aliphatic carbocycles. The van der Waals surface area contributed by atoms with Gasteiger partial charge in [-0.25, -0.2) is 22.9 Å². The second-order valence-electron chi connectivity index (χ2n) is 2.29. The molecule has 0 fully saturated rings. The topological polar surface area (TPSA) is 50.2 Å². The van der Waals surface area contributed by atoms with E-state index in [2.05, 4.69) is 20.9 Å². The largest absolute Gasteiger partial charge is 0.476 e. The first kappa shape index (κ1) is 11.0. The van der Waals surface area contributed by atoms with Crippen LogP contribution < -0.4 is 0 Å². The monoisotopic (exact) mass is 269 g/mol. The summed E-state index contributed by atoms with van der Waals surface area (Å²) in [6, 6.07) is 0.651. The number of hydrogen-bond donors (Lipinski definition) is 1. The molecule has 0 radical (unpaired) electrons. The van der Waals surface area contributed by atoms with Gasteiger partial charge in [0.1, 0.15) is 5.69 Å². The number of halogens is 4. The van der Waals surface area contributed by atoms with Crippen LogP contribution in [0, 0.1) is 5.82 Å². The molecule has 14 heavy (non-hydrogen) atoms. The van der Waals surface area contributed by atoms with Crippen LogP contribution >= 0.6 is 15.9 Å². The van der Waals surface area contributed by atoms with Crippen LogP contribution in [0.25, 0.3) is 0 Å². The maximum Gasteiger partial charge on any atom is 0.355 e. The number of carbonyl (C=O) groups is 1. The van der Waals surface area contributed by atoms with Crippen LogP contribution in [0.2, 0.25) is 0 Å². The highest BCUT2D eigenvalue weighted by Gasteiger charge is 2.20. The SMILES string of the molecule is O=C(O)c1nc(C(F)F)c(F)cc1Br. The highest BCUT2D eigenvalue weighted by Crippen LogP contribution is 2.24. The summed E-state index contributed by atoms with van der Waals surface area (Å²) in [6.45, 7) is 0. The maximum atomic E-state index is 12.8. The Kier molecular flexibility index (Phi) is 3.10. The van der Waals surface area contributed by atoms with E-state index >= 15 is 0 Å². The quantitative estimate of drug-likeness (QED) is 0.898. The van der Waals surface area contributed by atoms with Crippen LogP contribution in [0.5, 0.6) is 0 Å². The molecule has 0 saturated carbocycles. The zero-order chi connectivity index (χ0) is 10.9. The number of aromatic carboxylic acids is 1. The molecule has 0 aliphatic rings. The first-order valence-corrected chi connectivity index (χ1v) is 4.10. The van der Waals surface area contributed by atoms with Gasteiger partial charge in [-0.15, -0.1) is 0 Å². The number of carboxylic acids is 1. The minimum Gasteiger partial charge on any atom is -0.476 e. The van der Waals surface area contributed by atoms with E-state index in [1.54, 1.807) is 0 Å². The van der Waals surface area contributed by atoms with Crippen LogP contribution in [0.3, 0.4) is 0 Å². The van der Waals surface area contributed by atoms with Gasteiger partial charge in [0.05, 0.1) is 4.47 Å². The second-order valence-corrected chi connectivity index (χ2v) is 3.15. The lowest BCUT2D eigenvalue weighted by atomic mass is 10.3. The van der Waals surface area contributed by atoms with E-state index in [1.165, 1.54) is 0 Å². The molecule has 7 heteroatoms. The molecule has 0 bridgehead atoms. The zero-order valence-electron chi connectivity index (χ0n) is 6.47. The fourth-order valence-corrected chi connectivity index (χ4v) is 1.24. The molecule has 0 spiro atoms. The van der Waals surface area contributed by atoms with Crippen molar-refractivity contribution in [3.63, 3.8) is 0 Å². The van der Waals surface area contributed by atoms with Gasteiger partial charge in [-0.1, -0.05) is 0 Å². The molecule has 1 rings (SSSR count). The predicted molar refractivity (Wildman–Crippen MR) is 43.8 cm³/mol. The Morgan fingerprint density at radius 2 is 2.14 bits per heavy atom. The van der Waals surface area contributed by atoms with Crippen LogP contribution in [-0.2, 0) is 0 Å². The molecule has 1 N–H and O–H groups in total. The molecule has 0 unspecified atom stereocenters. The van der Waals surface area contributed by atoms with Crippen molar-refractivity contribution in [1.29, 1.82) is 0 Å². The molecule has 0 amide bonds. The fourth-order valence-electron chi connectivity index (χ4n) is 0.784. The van der Waals surface area contributed by atoms with Gasteiger partial charge in [0.25, 0.3) is 6.43 Å². The van der Waals surface area contributed by atoms with Crippen LogP contribution in [0.1, 0.15) is 22.6 Å². The van der Waals surface area contributed by atoms with Crippen molar-refractivity contribution >= 4 is 21.9 Å². The van der Waals surface area contributed by atoms with Gasteiger partial charge in [-0.2, -0.15) is 0 Å². The van der Waals surface area contributed by atoms with E-state index in [0.717, 1.165) is 0 Å². The molecule has 1 aromatic rings. The molecular weight excluding hydrogens is 267 g/mol. The Morgan fingerprint density at radius 3 is 2.57 bits per heavy atom. The van der Waals surface area contributed by atoms with Crippen LogP contribution in [0.4, 0.5) is 13.2 Å². The summed E-state index contributed by atoms with van der Waals surface area (Å²) in [7, 11) is 0. The summed E-state index contributed by atoms with van der Waals surface area (Å²) in [5.74, 6) is -2.74. The van der Waals surface area contributed by atoms with Gasteiger partial charge >= 0.3 is 5.97 Å². The Morgan fingerprint density at radius 1 is 1.57 bits per heavy atom. The Balaban J connectivity index is 3.34. The van der Waals surface area contributed by atoms with E-state index in [-0.39, 0.29) is 4.47 Å². The summed E-state index contributed by atoms with van der Waals surface area (Å²) >= 11 is 2.70. The number of pyridine rings is 1. The van der Waals surface area contributed by atoms with Crippen molar-refractivity contribution < 1.29 is 23.1 Å². The minimum absolute atomic E-state index is 0.174. The molecule has 0 atom stereocenters. The molecule has 1 heterocycles. The molecule has 76 valence electrons. The first-order valence-electron chi connectivity index (χ1n) is 3.31. The zero-order valence-corrected chi connectivity index (χ0v) is 8.06. The van der Waals surface area contributed by atoms with Crippen molar-refractivity contribution in [2.24, 2.45) is 0 Å². The number of carboxylic acid groups (broad SMARTS) is 1. The van der Waals surface area contributed by atoms with Crippen LogP contribution in [0.15, 0.2) is 10.5 Å². The van der Waals surface area contributed by atoms with E-state index in [4.69, 9.17) is 5.11 Å². The third-order valence-electron chi connectivity index (χ3n) is 1.37. The summed E-state index contributed by atoms with van der Waals surface area (Å²) in [5.41, 5.74) is -1.80. The third-order valence-corrected chi connectivity index (χ3v) is 1.97. The normalized spacial score (nSPS) is 10.6. The highest BCUT2D eigenvalue weighted by molar-refractivity contribution is 9.10. The van der Waals surface area contributed by atoms with Gasteiger partial charge in [0.2, 0.25) is 0 Å². The van der Waals surface area contributed by atoms with Gasteiger partial charge in [-0.05, 0) is 22.0 Å². The average Bonchev–Trinajstić information content (AvgIpc) is 2.02. The smallest absolute Gasteiger partial charge is 0.355 e. The lowest BCUT2D eigenvalue weighted by molar-refractivity contribution is 0.0687. The molecule has 0 aliphatic heterocycles. The van der Waals surface area contributed by atoms with Gasteiger partial charge in [-0.3, -0.25) is 0 Å². The summed E-state index contributed by atoms with van der Waals surface area (Å²) < 4.78 is 36.8. The van der Waals surface area contributed by atoms with Crippen molar-refractivity contribution in [3.05, 3.63) is 27.7 Å². The van der Waals surface area contributed by atoms with Crippen molar-refractivity contribution in [2.45, 2.75) is 6.43 Å². The minimum atomic E-state index is -3.14. The Labute approximate surface area is 84.7 Å². The van der Waals surface area contributed by atoms with Crippen molar-refractivity contribution in [2.75, 3.05) is 0 Å². The third kappa shape index (κ3) is 2.03. The van der Waals surface area contributed by atoms with Gasteiger partial charge in [0, 0.05) is 0 Å². The second kappa shape index (κ2) is 3.95. The predicted octanol–water partition coefficient (Wildman–Crippen LogP) is 2.62. The lowest BCUT2D eigenvalue weighted by Crippen LogP contribution is -2.07. The molecular formula is C7H3BrF3NO2. The number of rotatable bonds is 2. The number of aromatic nitrogens is 1. The van der Waals surface area contributed by atoms with Crippen molar-refractivity contribution in [3.8, 4) is 0 Å². The highest BCUT2D eigenvalue weighted by atomic mass is 79.9. The van der Waals surface area contributed by atoms with E-state index < -0.39 is 29.6 Å². The molecule has 0 saturated heterocycles. The first-order chi connectivity index (χ1) is 6.43. The summed E-state index contributed by atoms with van der Waals surface area (Å²) in [4.78, 5) is 13.4. The number of alkyl halides is 2. The lowest BCUT2D eigenvalue weighted by Gasteiger charge is -2.03. The maximum absolute atomic E-state index is 12.8. The molecule has 0 aromatic carbocycles. The van der Waals surface area contributed by atoms with Gasteiger partial charge in [0.15, 0.2) is 11.5 Å². The van der Waals surface area contributed by atoms with Gasteiger partial charge < -0.3 is 5.11 Å². The van der Waals surface area contributed by atoms with E-state index in [0.29, 0.717) is 6.07 Å². The summed E-state index contributed by atoms with van der Waals surface area (Å²) in [6.07, 6.45) is -3.14. The number of nitrogens with zero attached hydrogens (tertiary/aromatic N) is 1. The standard InChI is InChI=1S/C7H3BrF3NO2/c8-2-1-3(9)5(6(10)11)12-4(2)7(13)14/h1,6H,(H,13,14). The summed E-state index contributed by atoms with van der Waals surface area (Å²) in [5, 5.41) is 8.50. The molecule has 1 aromatic heterocycles. The van der Waals surface area contributed by atoms with Crippen LogP contribution in [-0.4, -0.2) is 16.1 Å². The Hall–Kier alpha value is -1.11. The van der Waals surface area contributed by atoms with E-state index in [9.17, 15) is 18.0 Å². The van der Waals surface area contributed by atoms with E-state index in [1.807, 2.05) is 0 Å². The fraction of sp³-hybridized carbons (Fsp3) is 0.143. The molecule has 3 nitrogen and oxygen atoms in total. The Bertz CT molecular complexity index is 383.